The molecular formula is C74H127NO8. The fourth-order valence-electron chi connectivity index (χ4n) is 10.3. The summed E-state index contributed by atoms with van der Waals surface area (Å²) in [5.41, 5.74) is 0. The summed E-state index contributed by atoms with van der Waals surface area (Å²) >= 11 is 0. The largest absolute Gasteiger partial charge is 0.394 e. The van der Waals surface area contributed by atoms with Gasteiger partial charge in [0.2, 0.25) is 5.91 Å². The summed E-state index contributed by atoms with van der Waals surface area (Å²) in [7, 11) is 0. The summed E-state index contributed by atoms with van der Waals surface area (Å²) in [4.78, 5) is 13.1. The third-order valence-electron chi connectivity index (χ3n) is 15.6. The van der Waals surface area contributed by atoms with Gasteiger partial charge >= 0.3 is 0 Å². The predicted octanol–water partition coefficient (Wildman–Crippen LogP) is 18.6. The molecule has 1 heterocycles. The van der Waals surface area contributed by atoms with E-state index in [1.54, 1.807) is 0 Å². The van der Waals surface area contributed by atoms with Gasteiger partial charge in [-0.25, -0.2) is 0 Å². The summed E-state index contributed by atoms with van der Waals surface area (Å²) in [6, 6.07) is -0.730. The molecule has 6 N–H and O–H groups in total. The standard InChI is InChI=1S/C74H127NO8/c1-3-5-7-9-11-13-15-17-19-21-23-24-25-26-27-28-29-30-31-32-33-34-35-36-37-38-39-40-41-42-43-44-46-48-50-52-54-56-58-60-62-64-70(78)75-67(66-82-74-73(81)72(80)71(79)69(65-76)83-74)68(77)63-61-59-57-55-53-51-49-47-45-22-20-18-16-14-12-10-8-6-4-2/h5,7,11,13,17,19,23-24,26-27,29-30,32-33,35-36,38-39,41-42,67-69,71-74,76-77,79-81H,3-4,6,8-10,12,14-16,18,20-22,25,28,31,34,37,40,43-66H2,1-2H3,(H,75,78)/b7-5-,13-11-,19-17-,24-23-,27-26-,30-29-,33-32-,36-35-,39-38-,42-41-. The van der Waals surface area contributed by atoms with Gasteiger partial charge in [-0.3, -0.25) is 4.79 Å². The van der Waals surface area contributed by atoms with Crippen LogP contribution in [0.25, 0.3) is 0 Å². The van der Waals surface area contributed by atoms with E-state index in [1.165, 1.54) is 148 Å². The number of aliphatic hydroxyl groups excluding tert-OH is 5. The van der Waals surface area contributed by atoms with Crippen molar-refractivity contribution >= 4 is 5.91 Å². The van der Waals surface area contributed by atoms with E-state index in [9.17, 15) is 30.3 Å². The number of aliphatic hydroxyl groups is 5. The van der Waals surface area contributed by atoms with Gasteiger partial charge < -0.3 is 40.3 Å². The molecule has 83 heavy (non-hydrogen) atoms. The van der Waals surface area contributed by atoms with E-state index in [0.717, 1.165) is 109 Å². The number of amides is 1. The van der Waals surface area contributed by atoms with Crippen molar-refractivity contribution in [2.75, 3.05) is 13.2 Å². The lowest BCUT2D eigenvalue weighted by molar-refractivity contribution is -0.302. The molecular weight excluding hydrogens is 1030 g/mol. The molecule has 476 valence electrons. The Morgan fingerprint density at radius 3 is 1.11 bits per heavy atom. The molecule has 9 heteroatoms. The molecule has 0 aliphatic carbocycles. The SMILES string of the molecule is CC/C=C\C/C=C\C/C=C\C/C=C\C/C=C\C/C=C\C/C=C\C/C=C\C/C=C\C/C=C\CCCCCCCCCCCCC(=O)NC(COC1OC(CO)C(O)C(O)C1O)C(O)CCCCCCCCCCCCCCCCCCCCC. The first-order chi connectivity index (χ1) is 40.8. The normalized spacial score (nSPS) is 19.0. The minimum absolute atomic E-state index is 0.144. The Hall–Kier alpha value is -3.41. The molecule has 0 aromatic carbocycles. The first-order valence-electron chi connectivity index (χ1n) is 34.2. The number of hydrogen-bond acceptors (Lipinski definition) is 8. The fourth-order valence-corrected chi connectivity index (χ4v) is 10.3. The van der Waals surface area contributed by atoms with Gasteiger partial charge in [-0.05, 0) is 89.9 Å². The number of ether oxygens (including phenoxy) is 2. The fraction of sp³-hybridized carbons (Fsp3) is 0.716. The molecule has 1 rings (SSSR count). The summed E-state index contributed by atoms with van der Waals surface area (Å²) in [5, 5.41) is 54.8. The van der Waals surface area contributed by atoms with E-state index < -0.39 is 49.5 Å². The van der Waals surface area contributed by atoms with Gasteiger partial charge in [-0.2, -0.15) is 0 Å². The van der Waals surface area contributed by atoms with E-state index in [1.807, 2.05) is 0 Å². The lowest BCUT2D eigenvalue weighted by Gasteiger charge is -2.40. The predicted molar refractivity (Wildman–Crippen MR) is 354 cm³/mol. The number of carbonyl (C=O) groups excluding carboxylic acids is 1. The third-order valence-corrected chi connectivity index (χ3v) is 15.6. The second-order valence-electron chi connectivity index (χ2n) is 23.2. The average Bonchev–Trinajstić information content (AvgIpc) is 3.61. The monoisotopic (exact) mass is 1160 g/mol. The summed E-state index contributed by atoms with van der Waals surface area (Å²) in [5.74, 6) is -0.151. The number of unbranched alkanes of at least 4 members (excludes halogenated alkanes) is 28. The highest BCUT2D eigenvalue weighted by molar-refractivity contribution is 5.76. The van der Waals surface area contributed by atoms with Crippen molar-refractivity contribution in [2.24, 2.45) is 0 Å². The topological polar surface area (TPSA) is 149 Å². The van der Waals surface area contributed by atoms with Crippen LogP contribution in [0.5, 0.6) is 0 Å². The first-order valence-corrected chi connectivity index (χ1v) is 34.2. The Labute approximate surface area is 509 Å². The molecule has 1 amide bonds. The molecule has 0 aromatic rings. The zero-order chi connectivity index (χ0) is 60.0. The van der Waals surface area contributed by atoms with Crippen molar-refractivity contribution < 1.29 is 39.8 Å². The zero-order valence-corrected chi connectivity index (χ0v) is 53.2. The summed E-state index contributed by atoms with van der Waals surface area (Å²) in [6.07, 6.45) is 85.3. The van der Waals surface area contributed by atoms with Crippen molar-refractivity contribution in [1.82, 2.24) is 5.32 Å². The van der Waals surface area contributed by atoms with E-state index in [-0.39, 0.29) is 12.5 Å². The van der Waals surface area contributed by atoms with Crippen LogP contribution >= 0.6 is 0 Å². The highest BCUT2D eigenvalue weighted by atomic mass is 16.7. The lowest BCUT2D eigenvalue weighted by Crippen LogP contribution is -2.60. The van der Waals surface area contributed by atoms with Crippen molar-refractivity contribution in [3.8, 4) is 0 Å². The van der Waals surface area contributed by atoms with Crippen LogP contribution in [0, 0.1) is 0 Å². The quantitative estimate of drug-likeness (QED) is 0.0261. The van der Waals surface area contributed by atoms with Crippen molar-refractivity contribution in [3.63, 3.8) is 0 Å². The van der Waals surface area contributed by atoms with Crippen LogP contribution in [0.15, 0.2) is 122 Å². The Kier molecular flexibility index (Phi) is 57.7. The van der Waals surface area contributed by atoms with E-state index >= 15 is 0 Å². The Balaban J connectivity index is 2.13. The lowest BCUT2D eigenvalue weighted by atomic mass is 9.99. The molecule has 1 aliphatic heterocycles. The van der Waals surface area contributed by atoms with Crippen LogP contribution in [0.2, 0.25) is 0 Å². The molecule has 1 aliphatic rings. The molecule has 1 saturated heterocycles. The van der Waals surface area contributed by atoms with Crippen LogP contribution in [0.3, 0.4) is 0 Å². The van der Waals surface area contributed by atoms with Crippen molar-refractivity contribution in [1.29, 1.82) is 0 Å². The minimum Gasteiger partial charge on any atom is -0.394 e. The van der Waals surface area contributed by atoms with E-state index in [2.05, 4.69) is 141 Å². The minimum atomic E-state index is -1.56. The molecule has 0 radical (unpaired) electrons. The Morgan fingerprint density at radius 2 is 0.747 bits per heavy atom. The Morgan fingerprint density at radius 1 is 0.422 bits per heavy atom. The number of hydrogen-bond donors (Lipinski definition) is 6. The van der Waals surface area contributed by atoms with E-state index in [4.69, 9.17) is 9.47 Å². The second-order valence-corrected chi connectivity index (χ2v) is 23.2. The Bertz CT molecular complexity index is 1720. The van der Waals surface area contributed by atoms with Crippen molar-refractivity contribution in [3.05, 3.63) is 122 Å². The van der Waals surface area contributed by atoms with E-state index in [0.29, 0.717) is 12.8 Å². The maximum Gasteiger partial charge on any atom is 0.220 e. The van der Waals surface area contributed by atoms with Gasteiger partial charge in [-0.1, -0.05) is 309 Å². The number of allylic oxidation sites excluding steroid dienone is 20. The van der Waals surface area contributed by atoms with Gasteiger partial charge in [0.15, 0.2) is 6.29 Å². The molecule has 0 spiro atoms. The van der Waals surface area contributed by atoms with Crippen LogP contribution in [0.4, 0.5) is 0 Å². The van der Waals surface area contributed by atoms with Crippen LogP contribution < -0.4 is 5.32 Å². The maximum absolute atomic E-state index is 13.1. The number of rotatable bonds is 58. The van der Waals surface area contributed by atoms with Gasteiger partial charge in [0.1, 0.15) is 24.4 Å². The molecule has 7 unspecified atom stereocenters. The smallest absolute Gasteiger partial charge is 0.220 e. The highest BCUT2D eigenvalue weighted by Crippen LogP contribution is 2.23. The van der Waals surface area contributed by atoms with Gasteiger partial charge in [0.25, 0.3) is 0 Å². The second kappa shape index (κ2) is 61.7. The number of carbonyl (C=O) groups is 1. The van der Waals surface area contributed by atoms with Gasteiger partial charge in [-0.15, -0.1) is 0 Å². The van der Waals surface area contributed by atoms with Gasteiger partial charge in [0.05, 0.1) is 25.4 Å². The highest BCUT2D eigenvalue weighted by Gasteiger charge is 2.44. The molecule has 0 saturated carbocycles. The molecule has 0 bridgehead atoms. The van der Waals surface area contributed by atoms with Crippen molar-refractivity contribution in [2.45, 2.75) is 326 Å². The maximum atomic E-state index is 13.1. The molecule has 0 aromatic heterocycles. The molecule has 1 fully saturated rings. The number of nitrogens with one attached hydrogen (secondary N) is 1. The average molecular weight is 1160 g/mol. The zero-order valence-electron chi connectivity index (χ0n) is 53.2. The third kappa shape index (κ3) is 50.5. The first kappa shape index (κ1) is 77.6. The summed E-state index contributed by atoms with van der Waals surface area (Å²) in [6.45, 7) is 3.74. The van der Waals surface area contributed by atoms with Gasteiger partial charge in [0, 0.05) is 6.42 Å². The summed E-state index contributed by atoms with van der Waals surface area (Å²) < 4.78 is 11.3. The van der Waals surface area contributed by atoms with Crippen LogP contribution in [-0.4, -0.2) is 87.5 Å². The van der Waals surface area contributed by atoms with Crippen LogP contribution in [0.1, 0.15) is 284 Å². The molecule has 7 atom stereocenters. The van der Waals surface area contributed by atoms with Crippen LogP contribution in [-0.2, 0) is 14.3 Å². The molecule has 9 nitrogen and oxygen atoms in total.